The zero-order valence-corrected chi connectivity index (χ0v) is 19.2. The monoisotopic (exact) mass is 450 g/mol. The predicted octanol–water partition coefficient (Wildman–Crippen LogP) is 2.91. The van der Waals surface area contributed by atoms with Gasteiger partial charge in [0.15, 0.2) is 9.84 Å². The maximum absolute atomic E-state index is 13.1. The number of benzene rings is 2. The van der Waals surface area contributed by atoms with Gasteiger partial charge in [0.05, 0.1) is 17.3 Å². The summed E-state index contributed by atoms with van der Waals surface area (Å²) in [5.41, 5.74) is 2.67. The Balaban J connectivity index is 1.72. The van der Waals surface area contributed by atoms with Gasteiger partial charge in [-0.1, -0.05) is 56.3 Å². The van der Waals surface area contributed by atoms with Crippen molar-refractivity contribution in [1.82, 2.24) is 4.31 Å². The molecule has 0 N–H and O–H groups in total. The largest absolute Gasteiger partial charge is 0.369 e. The van der Waals surface area contributed by atoms with Crippen LogP contribution in [-0.2, 0) is 32.2 Å². The molecule has 0 radical (unpaired) electrons. The minimum atomic E-state index is -3.46. The molecule has 1 fully saturated rings. The van der Waals surface area contributed by atoms with E-state index in [0.29, 0.717) is 26.2 Å². The molecule has 0 aliphatic carbocycles. The summed E-state index contributed by atoms with van der Waals surface area (Å²) in [6.45, 7) is 5.79. The van der Waals surface area contributed by atoms with Crippen LogP contribution in [0.25, 0.3) is 0 Å². The number of sulfone groups is 1. The van der Waals surface area contributed by atoms with Crippen LogP contribution in [0.1, 0.15) is 25.0 Å². The first-order chi connectivity index (χ1) is 14.1. The second-order valence-electron chi connectivity index (χ2n) is 8.23. The zero-order valence-electron chi connectivity index (χ0n) is 17.6. The Kier molecular flexibility index (Phi) is 7.21. The normalized spacial score (nSPS) is 16.9. The molecule has 0 saturated carbocycles. The fraction of sp³-hybridized carbons (Fsp3) is 0.455. The Labute approximate surface area is 180 Å². The van der Waals surface area contributed by atoms with Crippen molar-refractivity contribution in [2.24, 2.45) is 5.92 Å². The molecule has 6 nitrogen and oxygen atoms in total. The Bertz CT molecular complexity index is 1020. The van der Waals surface area contributed by atoms with E-state index in [4.69, 9.17) is 0 Å². The lowest BCUT2D eigenvalue weighted by atomic mass is 10.1. The molecular weight excluding hydrogens is 420 g/mol. The highest BCUT2D eigenvalue weighted by Crippen LogP contribution is 2.21. The van der Waals surface area contributed by atoms with Crippen LogP contribution in [0.5, 0.6) is 0 Å². The van der Waals surface area contributed by atoms with Gasteiger partial charge in [0.25, 0.3) is 0 Å². The number of hydrogen-bond acceptors (Lipinski definition) is 5. The number of sulfonamides is 1. The lowest BCUT2D eigenvalue weighted by Crippen LogP contribution is -2.40. The lowest BCUT2D eigenvalue weighted by molar-refractivity contribution is 0.361. The molecule has 0 aromatic heterocycles. The minimum Gasteiger partial charge on any atom is -0.369 e. The van der Waals surface area contributed by atoms with Gasteiger partial charge in [0.2, 0.25) is 10.0 Å². The van der Waals surface area contributed by atoms with Gasteiger partial charge in [-0.15, -0.1) is 0 Å². The quantitative estimate of drug-likeness (QED) is 0.618. The van der Waals surface area contributed by atoms with Gasteiger partial charge in [-0.3, -0.25) is 0 Å². The molecule has 0 unspecified atom stereocenters. The Morgan fingerprint density at radius 1 is 0.933 bits per heavy atom. The van der Waals surface area contributed by atoms with Gasteiger partial charge in [-0.25, -0.2) is 16.8 Å². The summed E-state index contributed by atoms with van der Waals surface area (Å²) >= 11 is 0. The third-order valence-corrected chi connectivity index (χ3v) is 8.53. The highest BCUT2D eigenvalue weighted by Gasteiger charge is 2.24. The number of rotatable bonds is 8. The van der Waals surface area contributed by atoms with Gasteiger partial charge in [0, 0.05) is 31.9 Å². The highest BCUT2D eigenvalue weighted by molar-refractivity contribution is 7.91. The second kappa shape index (κ2) is 9.49. The van der Waals surface area contributed by atoms with Crippen molar-refractivity contribution in [2.45, 2.75) is 26.1 Å². The maximum atomic E-state index is 13.1. The van der Waals surface area contributed by atoms with Crippen LogP contribution in [0.4, 0.5) is 5.69 Å². The molecule has 0 amide bonds. The highest BCUT2D eigenvalue weighted by atomic mass is 32.2. The molecule has 2 aromatic rings. The second-order valence-corrected chi connectivity index (χ2v) is 12.5. The molecule has 0 atom stereocenters. The first kappa shape index (κ1) is 22.8. The van der Waals surface area contributed by atoms with Crippen LogP contribution in [0.2, 0.25) is 0 Å². The first-order valence-corrected chi connectivity index (χ1v) is 13.6. The fourth-order valence-electron chi connectivity index (χ4n) is 3.55. The molecule has 1 saturated heterocycles. The summed E-state index contributed by atoms with van der Waals surface area (Å²) in [4.78, 5) is 2.06. The summed E-state index contributed by atoms with van der Waals surface area (Å²) in [5, 5.41) is 0. The van der Waals surface area contributed by atoms with Crippen LogP contribution in [-0.4, -0.2) is 52.3 Å². The molecule has 0 spiro atoms. The molecule has 0 bridgehead atoms. The van der Waals surface area contributed by atoms with Crippen LogP contribution in [0.15, 0.2) is 54.6 Å². The third-order valence-electron chi connectivity index (χ3n) is 5.16. The predicted molar refractivity (Wildman–Crippen MR) is 122 cm³/mol. The zero-order chi connectivity index (χ0) is 21.8. The average Bonchev–Trinajstić information content (AvgIpc) is 2.68. The van der Waals surface area contributed by atoms with Gasteiger partial charge in [-0.2, -0.15) is 4.31 Å². The molecule has 1 heterocycles. The van der Waals surface area contributed by atoms with E-state index in [9.17, 15) is 16.8 Å². The summed E-state index contributed by atoms with van der Waals surface area (Å²) in [5.74, 6) is 0.551. The molecule has 2 aromatic carbocycles. The SMILES string of the molecule is CC(C)CN(Cc1ccc(N2CCS(=O)(=O)CC2)cc1)S(=O)(=O)Cc1ccccc1. The van der Waals surface area contributed by atoms with E-state index in [-0.39, 0.29) is 23.2 Å². The standard InChI is InChI=1S/C22H30N2O4S2/c1-19(2)16-24(30(27,28)18-21-6-4-3-5-7-21)17-20-8-10-22(11-9-20)23-12-14-29(25,26)15-13-23/h3-11,19H,12-18H2,1-2H3. The van der Waals surface area contributed by atoms with E-state index in [1.165, 1.54) is 0 Å². The van der Waals surface area contributed by atoms with E-state index in [2.05, 4.69) is 4.90 Å². The molecule has 164 valence electrons. The molecule has 30 heavy (non-hydrogen) atoms. The molecular formula is C22H30N2O4S2. The van der Waals surface area contributed by atoms with Crippen molar-refractivity contribution < 1.29 is 16.8 Å². The van der Waals surface area contributed by atoms with Crippen LogP contribution in [0.3, 0.4) is 0 Å². The average molecular weight is 451 g/mol. The van der Waals surface area contributed by atoms with Crippen LogP contribution >= 0.6 is 0 Å². The molecule has 3 rings (SSSR count). The van der Waals surface area contributed by atoms with Crippen molar-refractivity contribution in [3.05, 3.63) is 65.7 Å². The summed E-state index contributed by atoms with van der Waals surface area (Å²) in [7, 11) is -6.37. The van der Waals surface area contributed by atoms with Gasteiger partial charge in [-0.05, 0) is 29.2 Å². The first-order valence-electron chi connectivity index (χ1n) is 10.2. The number of hydrogen-bond donors (Lipinski definition) is 0. The maximum Gasteiger partial charge on any atom is 0.218 e. The number of nitrogens with zero attached hydrogens (tertiary/aromatic N) is 2. The molecule has 1 aliphatic rings. The minimum absolute atomic E-state index is 0.0130. The fourth-order valence-corrected chi connectivity index (χ4v) is 6.41. The van der Waals surface area contributed by atoms with Gasteiger partial charge in [0.1, 0.15) is 0 Å². The summed E-state index contributed by atoms with van der Waals surface area (Å²) < 4.78 is 51.0. The summed E-state index contributed by atoms with van der Waals surface area (Å²) in [6, 6.07) is 17.0. The molecule has 8 heteroatoms. The van der Waals surface area contributed by atoms with Gasteiger partial charge < -0.3 is 4.90 Å². The van der Waals surface area contributed by atoms with E-state index in [1.807, 2.05) is 68.4 Å². The van der Waals surface area contributed by atoms with Crippen molar-refractivity contribution >= 4 is 25.5 Å². The van der Waals surface area contributed by atoms with Crippen molar-refractivity contribution in [3.63, 3.8) is 0 Å². The Morgan fingerprint density at radius 2 is 1.53 bits per heavy atom. The van der Waals surface area contributed by atoms with Gasteiger partial charge >= 0.3 is 0 Å². The number of anilines is 1. The smallest absolute Gasteiger partial charge is 0.218 e. The summed E-state index contributed by atoms with van der Waals surface area (Å²) in [6.07, 6.45) is 0. The van der Waals surface area contributed by atoms with Crippen molar-refractivity contribution in [1.29, 1.82) is 0 Å². The topological polar surface area (TPSA) is 74.8 Å². The van der Waals surface area contributed by atoms with E-state index < -0.39 is 19.9 Å². The van der Waals surface area contributed by atoms with E-state index in [1.54, 1.807) is 4.31 Å². The van der Waals surface area contributed by atoms with Crippen LogP contribution < -0.4 is 4.90 Å². The van der Waals surface area contributed by atoms with E-state index >= 15 is 0 Å². The Hall–Kier alpha value is -1.90. The van der Waals surface area contributed by atoms with Crippen LogP contribution in [0, 0.1) is 5.92 Å². The van der Waals surface area contributed by atoms with Crippen molar-refractivity contribution in [2.75, 3.05) is 36.0 Å². The molecule has 1 aliphatic heterocycles. The van der Waals surface area contributed by atoms with Crippen molar-refractivity contribution in [3.8, 4) is 0 Å². The van der Waals surface area contributed by atoms with E-state index in [0.717, 1.165) is 16.8 Å². The third kappa shape index (κ3) is 6.30. The lowest BCUT2D eigenvalue weighted by Gasteiger charge is -2.29. The Morgan fingerprint density at radius 3 is 2.10 bits per heavy atom.